The van der Waals surface area contributed by atoms with Gasteiger partial charge in [0.15, 0.2) is 0 Å². The molecule has 1 aromatic carbocycles. The Kier molecular flexibility index (Phi) is 4.24. The van der Waals surface area contributed by atoms with Crippen molar-refractivity contribution < 1.29 is 4.39 Å². The van der Waals surface area contributed by atoms with Gasteiger partial charge in [-0.25, -0.2) is 4.39 Å². The fourth-order valence-electron chi connectivity index (χ4n) is 2.06. The Bertz CT molecular complexity index is 369. The normalized spacial score (nSPS) is 22.3. The van der Waals surface area contributed by atoms with E-state index in [-0.39, 0.29) is 11.9 Å². The van der Waals surface area contributed by atoms with Gasteiger partial charge in [-0.3, -0.25) is 11.3 Å². The van der Waals surface area contributed by atoms with Gasteiger partial charge in [0.2, 0.25) is 0 Å². The summed E-state index contributed by atoms with van der Waals surface area (Å²) in [5, 5.41) is 0. The van der Waals surface area contributed by atoms with Crippen molar-refractivity contribution in [3.8, 4) is 0 Å². The summed E-state index contributed by atoms with van der Waals surface area (Å²) in [4.78, 5) is 0. The van der Waals surface area contributed by atoms with Gasteiger partial charge < -0.3 is 0 Å². The highest BCUT2D eigenvalue weighted by Crippen LogP contribution is 2.35. The zero-order valence-corrected chi connectivity index (χ0v) is 11.2. The third-order valence-electron chi connectivity index (χ3n) is 2.93. The Hall–Kier alpha value is -0.100. The summed E-state index contributed by atoms with van der Waals surface area (Å²) in [5.41, 5.74) is 3.41. The molecule has 16 heavy (non-hydrogen) atoms. The van der Waals surface area contributed by atoms with Crippen LogP contribution >= 0.6 is 27.7 Å². The molecule has 2 nitrogen and oxygen atoms in total. The topological polar surface area (TPSA) is 38.0 Å². The first kappa shape index (κ1) is 12.4. The first-order valence-corrected chi connectivity index (χ1v) is 7.16. The number of benzene rings is 1. The van der Waals surface area contributed by atoms with Crippen molar-refractivity contribution in [2.24, 2.45) is 11.8 Å². The van der Waals surface area contributed by atoms with E-state index in [0.717, 1.165) is 17.9 Å². The van der Waals surface area contributed by atoms with Crippen molar-refractivity contribution in [2.75, 3.05) is 11.5 Å². The van der Waals surface area contributed by atoms with Crippen LogP contribution in [0.25, 0.3) is 0 Å². The number of nitrogens with one attached hydrogen (secondary N) is 1. The summed E-state index contributed by atoms with van der Waals surface area (Å²) in [5.74, 6) is 7.95. The number of rotatable bonds is 3. The number of hydrogen-bond donors (Lipinski definition) is 2. The molecule has 0 radical (unpaired) electrons. The molecule has 0 spiro atoms. The van der Waals surface area contributed by atoms with Gasteiger partial charge in [-0.15, -0.1) is 0 Å². The van der Waals surface area contributed by atoms with Gasteiger partial charge in [0.25, 0.3) is 0 Å². The molecular weight excluding hydrogens is 291 g/mol. The standard InChI is InChI=1S/C11H14BrFN2S/c12-9-3-1-2-8(10(9)13)11(15-14)7-4-5-16-6-7/h1-3,7,11,15H,4-6,14H2. The highest BCUT2D eigenvalue weighted by molar-refractivity contribution is 9.10. The van der Waals surface area contributed by atoms with Crippen LogP contribution in [0, 0.1) is 11.7 Å². The summed E-state index contributed by atoms with van der Waals surface area (Å²) < 4.78 is 14.4. The fourth-order valence-corrected chi connectivity index (χ4v) is 3.74. The molecule has 1 aromatic rings. The van der Waals surface area contributed by atoms with E-state index in [1.54, 1.807) is 12.1 Å². The van der Waals surface area contributed by atoms with Crippen LogP contribution in [0.4, 0.5) is 4.39 Å². The van der Waals surface area contributed by atoms with Crippen molar-refractivity contribution in [2.45, 2.75) is 12.5 Å². The zero-order chi connectivity index (χ0) is 11.5. The monoisotopic (exact) mass is 304 g/mol. The Morgan fingerprint density at radius 1 is 1.56 bits per heavy atom. The van der Waals surface area contributed by atoms with Crippen LogP contribution < -0.4 is 11.3 Å². The van der Waals surface area contributed by atoms with E-state index in [1.807, 2.05) is 17.8 Å². The molecule has 5 heteroatoms. The molecule has 2 atom stereocenters. The van der Waals surface area contributed by atoms with Crippen LogP contribution in [0.5, 0.6) is 0 Å². The highest BCUT2D eigenvalue weighted by Gasteiger charge is 2.28. The molecule has 3 N–H and O–H groups in total. The number of nitrogens with two attached hydrogens (primary N) is 1. The molecule has 2 unspecified atom stereocenters. The van der Waals surface area contributed by atoms with Crippen LogP contribution in [-0.2, 0) is 0 Å². The maximum absolute atomic E-state index is 13.9. The molecule has 2 rings (SSSR count). The van der Waals surface area contributed by atoms with Gasteiger partial charge in [-0.05, 0) is 45.8 Å². The molecule has 1 heterocycles. The first-order valence-electron chi connectivity index (χ1n) is 5.22. The maximum atomic E-state index is 13.9. The van der Waals surface area contributed by atoms with Crippen molar-refractivity contribution in [1.82, 2.24) is 5.43 Å². The van der Waals surface area contributed by atoms with E-state index in [1.165, 1.54) is 0 Å². The SMILES string of the molecule is NNC(c1cccc(Br)c1F)C1CCSC1. The van der Waals surface area contributed by atoms with Crippen molar-refractivity contribution in [1.29, 1.82) is 0 Å². The molecule has 0 bridgehead atoms. The number of thioether (sulfide) groups is 1. The summed E-state index contributed by atoms with van der Waals surface area (Å²) in [7, 11) is 0. The number of hydrazine groups is 1. The molecule has 88 valence electrons. The molecular formula is C11H14BrFN2S. The van der Waals surface area contributed by atoms with E-state index in [0.29, 0.717) is 16.0 Å². The van der Waals surface area contributed by atoms with Crippen molar-refractivity contribution >= 4 is 27.7 Å². The van der Waals surface area contributed by atoms with Crippen LogP contribution in [0.3, 0.4) is 0 Å². The summed E-state index contributed by atoms with van der Waals surface area (Å²) in [6.45, 7) is 0. The van der Waals surface area contributed by atoms with E-state index in [4.69, 9.17) is 5.84 Å². The Labute approximate surface area is 107 Å². The second kappa shape index (κ2) is 5.49. The summed E-state index contributed by atoms with van der Waals surface area (Å²) in [6, 6.07) is 5.26. The molecule has 1 aliphatic rings. The van der Waals surface area contributed by atoms with Gasteiger partial charge in [-0.2, -0.15) is 11.8 Å². The molecule has 0 saturated carbocycles. The predicted octanol–water partition coefficient (Wildman–Crippen LogP) is 2.85. The average Bonchev–Trinajstić information content (AvgIpc) is 2.79. The second-order valence-corrected chi connectivity index (χ2v) is 5.92. The minimum Gasteiger partial charge on any atom is -0.271 e. The van der Waals surface area contributed by atoms with Gasteiger partial charge in [0.05, 0.1) is 10.5 Å². The van der Waals surface area contributed by atoms with E-state index < -0.39 is 0 Å². The maximum Gasteiger partial charge on any atom is 0.142 e. The van der Waals surface area contributed by atoms with Crippen LogP contribution in [-0.4, -0.2) is 11.5 Å². The Morgan fingerprint density at radius 3 is 3.00 bits per heavy atom. The number of hydrogen-bond acceptors (Lipinski definition) is 3. The van der Waals surface area contributed by atoms with E-state index >= 15 is 0 Å². The molecule has 1 fully saturated rings. The minimum absolute atomic E-state index is 0.0903. The lowest BCUT2D eigenvalue weighted by atomic mass is 9.93. The first-order chi connectivity index (χ1) is 7.74. The average molecular weight is 305 g/mol. The van der Waals surface area contributed by atoms with Crippen LogP contribution in [0.1, 0.15) is 18.0 Å². The lowest BCUT2D eigenvalue weighted by Crippen LogP contribution is -2.34. The number of halogens is 2. The van der Waals surface area contributed by atoms with E-state index in [2.05, 4.69) is 21.4 Å². The lowest BCUT2D eigenvalue weighted by Gasteiger charge is -2.23. The molecule has 0 amide bonds. The third kappa shape index (κ3) is 2.42. The third-order valence-corrected chi connectivity index (χ3v) is 4.73. The molecule has 0 aromatic heterocycles. The molecule has 0 aliphatic carbocycles. The van der Waals surface area contributed by atoms with Crippen LogP contribution in [0.2, 0.25) is 0 Å². The van der Waals surface area contributed by atoms with Gasteiger partial charge in [0, 0.05) is 5.56 Å². The lowest BCUT2D eigenvalue weighted by molar-refractivity contribution is 0.386. The largest absolute Gasteiger partial charge is 0.271 e. The van der Waals surface area contributed by atoms with Crippen LogP contribution in [0.15, 0.2) is 22.7 Å². The van der Waals surface area contributed by atoms with Gasteiger partial charge >= 0.3 is 0 Å². The smallest absolute Gasteiger partial charge is 0.142 e. The zero-order valence-electron chi connectivity index (χ0n) is 8.75. The predicted molar refractivity (Wildman–Crippen MR) is 69.6 cm³/mol. The summed E-state index contributed by atoms with van der Waals surface area (Å²) in [6.07, 6.45) is 1.09. The minimum atomic E-state index is -0.206. The second-order valence-electron chi connectivity index (χ2n) is 3.91. The Morgan fingerprint density at radius 2 is 2.38 bits per heavy atom. The molecule has 1 aliphatic heterocycles. The highest BCUT2D eigenvalue weighted by atomic mass is 79.9. The van der Waals surface area contributed by atoms with Gasteiger partial charge in [0.1, 0.15) is 5.82 Å². The molecule has 1 saturated heterocycles. The Balaban J connectivity index is 2.28. The van der Waals surface area contributed by atoms with Gasteiger partial charge in [-0.1, -0.05) is 12.1 Å². The fraction of sp³-hybridized carbons (Fsp3) is 0.455. The van der Waals surface area contributed by atoms with Crippen molar-refractivity contribution in [3.63, 3.8) is 0 Å². The quantitative estimate of drug-likeness (QED) is 0.666. The summed E-state index contributed by atoms with van der Waals surface area (Å²) >= 11 is 5.10. The van der Waals surface area contributed by atoms with Crippen molar-refractivity contribution in [3.05, 3.63) is 34.1 Å². The van der Waals surface area contributed by atoms with E-state index in [9.17, 15) is 4.39 Å².